The molecule has 0 amide bonds. The van der Waals surface area contributed by atoms with Crippen molar-refractivity contribution in [1.82, 2.24) is 20.2 Å². The highest BCUT2D eigenvalue weighted by Crippen LogP contribution is 2.24. The van der Waals surface area contributed by atoms with Crippen LogP contribution in [0.1, 0.15) is 36.9 Å². The van der Waals surface area contributed by atoms with Crippen molar-refractivity contribution < 1.29 is 0 Å². The monoisotopic (exact) mass is 287 g/mol. The van der Waals surface area contributed by atoms with Gasteiger partial charge in [0.15, 0.2) is 0 Å². The van der Waals surface area contributed by atoms with Crippen LogP contribution in [0.15, 0.2) is 6.20 Å². The Morgan fingerprint density at radius 3 is 2.95 bits per heavy atom. The van der Waals surface area contributed by atoms with Gasteiger partial charge in [0.25, 0.3) is 0 Å². The van der Waals surface area contributed by atoms with Crippen LogP contribution in [0, 0.1) is 6.92 Å². The second kappa shape index (κ2) is 5.54. The van der Waals surface area contributed by atoms with Gasteiger partial charge in [0.1, 0.15) is 0 Å². The molecule has 3 heterocycles. The van der Waals surface area contributed by atoms with Crippen molar-refractivity contribution in [3.63, 3.8) is 0 Å². The van der Waals surface area contributed by atoms with Gasteiger partial charge in [-0.3, -0.25) is 4.90 Å². The van der Waals surface area contributed by atoms with Gasteiger partial charge >= 0.3 is 0 Å². The molecule has 1 atom stereocenters. The van der Waals surface area contributed by atoms with Crippen molar-refractivity contribution in [2.75, 3.05) is 31.1 Å². The molecule has 1 unspecified atom stereocenters. The lowest BCUT2D eigenvalue weighted by atomic mass is 10.1. The van der Waals surface area contributed by atoms with E-state index in [-0.39, 0.29) is 0 Å². The average Bonchev–Trinajstić information content (AvgIpc) is 3.21. The van der Waals surface area contributed by atoms with Crippen LogP contribution >= 0.6 is 0 Å². The second-order valence-corrected chi connectivity index (χ2v) is 6.71. The van der Waals surface area contributed by atoms with Crippen LogP contribution in [0.3, 0.4) is 0 Å². The Bertz CT molecular complexity index is 513. The Balaban J connectivity index is 1.43. The van der Waals surface area contributed by atoms with E-state index in [2.05, 4.69) is 27.0 Å². The quantitative estimate of drug-likeness (QED) is 0.905. The van der Waals surface area contributed by atoms with Crippen molar-refractivity contribution in [3.8, 4) is 0 Å². The van der Waals surface area contributed by atoms with Gasteiger partial charge in [0, 0.05) is 55.7 Å². The van der Waals surface area contributed by atoms with Crippen LogP contribution in [-0.4, -0.2) is 53.1 Å². The first kappa shape index (κ1) is 13.5. The molecule has 0 bridgehead atoms. The molecule has 1 aliphatic carbocycles. The molecule has 2 saturated heterocycles. The molecule has 5 nitrogen and oxygen atoms in total. The maximum Gasteiger partial charge on any atom is 0.225 e. The zero-order chi connectivity index (χ0) is 14.2. The molecule has 3 fully saturated rings. The number of nitrogens with zero attached hydrogens (tertiary/aromatic N) is 4. The molecule has 1 aromatic rings. The third-order valence-electron chi connectivity index (χ3n) is 5.10. The summed E-state index contributed by atoms with van der Waals surface area (Å²) in [6, 6.07) is 1.46. The smallest absolute Gasteiger partial charge is 0.225 e. The Morgan fingerprint density at radius 2 is 2.14 bits per heavy atom. The van der Waals surface area contributed by atoms with E-state index in [4.69, 9.17) is 4.98 Å². The summed E-state index contributed by atoms with van der Waals surface area (Å²) < 4.78 is 0. The standard InChI is InChI=1S/C16H25N5/c1-12-13(9-17-14-4-5-14)10-18-16(19-12)21-8-7-20-6-2-3-15(20)11-21/h10,14-15,17H,2-9,11H2,1H3. The summed E-state index contributed by atoms with van der Waals surface area (Å²) in [6.45, 7) is 7.63. The van der Waals surface area contributed by atoms with E-state index in [1.54, 1.807) is 0 Å². The molecular formula is C16H25N5. The van der Waals surface area contributed by atoms with Gasteiger partial charge in [-0.05, 0) is 39.2 Å². The number of anilines is 1. The molecule has 0 aromatic carbocycles. The second-order valence-electron chi connectivity index (χ2n) is 6.71. The van der Waals surface area contributed by atoms with Crippen LogP contribution in [0.2, 0.25) is 0 Å². The first-order valence-electron chi connectivity index (χ1n) is 8.34. The number of aromatic nitrogens is 2. The summed E-state index contributed by atoms with van der Waals surface area (Å²) in [5.74, 6) is 0.925. The van der Waals surface area contributed by atoms with Crippen LogP contribution in [0.5, 0.6) is 0 Å². The Hall–Kier alpha value is -1.20. The first-order chi connectivity index (χ1) is 10.3. The Labute approximate surface area is 126 Å². The molecule has 1 N–H and O–H groups in total. The topological polar surface area (TPSA) is 44.3 Å². The number of aryl methyl sites for hydroxylation is 1. The molecule has 1 aromatic heterocycles. The molecule has 3 aliphatic rings. The summed E-state index contributed by atoms with van der Waals surface area (Å²) >= 11 is 0. The fourth-order valence-corrected chi connectivity index (χ4v) is 3.52. The van der Waals surface area contributed by atoms with Crippen LogP contribution in [0.25, 0.3) is 0 Å². The molecule has 2 aliphatic heterocycles. The van der Waals surface area contributed by atoms with Gasteiger partial charge in [-0.2, -0.15) is 0 Å². The van der Waals surface area contributed by atoms with Gasteiger partial charge in [0.2, 0.25) is 5.95 Å². The Morgan fingerprint density at radius 1 is 1.24 bits per heavy atom. The highest BCUT2D eigenvalue weighted by Gasteiger charge is 2.31. The third-order valence-corrected chi connectivity index (χ3v) is 5.10. The molecule has 21 heavy (non-hydrogen) atoms. The summed E-state index contributed by atoms with van der Waals surface area (Å²) in [7, 11) is 0. The minimum Gasteiger partial charge on any atom is -0.338 e. The van der Waals surface area contributed by atoms with Gasteiger partial charge < -0.3 is 10.2 Å². The molecule has 1 saturated carbocycles. The molecule has 4 rings (SSSR count). The molecule has 0 spiro atoms. The third kappa shape index (κ3) is 2.90. The summed E-state index contributed by atoms with van der Waals surface area (Å²) in [5, 5.41) is 3.54. The van der Waals surface area contributed by atoms with E-state index < -0.39 is 0 Å². The summed E-state index contributed by atoms with van der Waals surface area (Å²) in [6.07, 6.45) is 7.35. The number of rotatable bonds is 4. The van der Waals surface area contributed by atoms with Crippen molar-refractivity contribution >= 4 is 5.95 Å². The maximum absolute atomic E-state index is 4.77. The van der Waals surface area contributed by atoms with Crippen LogP contribution in [-0.2, 0) is 6.54 Å². The van der Waals surface area contributed by atoms with E-state index in [1.807, 2.05) is 6.20 Å². The zero-order valence-corrected chi connectivity index (χ0v) is 12.9. The summed E-state index contributed by atoms with van der Waals surface area (Å²) in [5.41, 5.74) is 2.37. The van der Waals surface area contributed by atoms with E-state index in [0.29, 0.717) is 0 Å². The molecule has 114 valence electrons. The normalized spacial score (nSPS) is 26.1. The summed E-state index contributed by atoms with van der Waals surface area (Å²) in [4.78, 5) is 14.4. The SMILES string of the molecule is Cc1nc(N2CCN3CCCC3C2)ncc1CNC1CC1. The number of fused-ring (bicyclic) bond motifs is 1. The lowest BCUT2D eigenvalue weighted by Gasteiger charge is -2.37. The largest absolute Gasteiger partial charge is 0.338 e. The fourth-order valence-electron chi connectivity index (χ4n) is 3.52. The van der Waals surface area contributed by atoms with Gasteiger partial charge in [-0.15, -0.1) is 0 Å². The highest BCUT2D eigenvalue weighted by molar-refractivity contribution is 5.34. The van der Waals surface area contributed by atoms with Crippen molar-refractivity contribution in [2.24, 2.45) is 0 Å². The molecule has 5 heteroatoms. The minimum absolute atomic E-state index is 0.721. The number of hydrogen-bond acceptors (Lipinski definition) is 5. The van der Waals surface area contributed by atoms with Gasteiger partial charge in [-0.25, -0.2) is 9.97 Å². The number of nitrogens with one attached hydrogen (secondary N) is 1. The fraction of sp³-hybridized carbons (Fsp3) is 0.750. The first-order valence-corrected chi connectivity index (χ1v) is 8.34. The zero-order valence-electron chi connectivity index (χ0n) is 12.9. The number of piperazine rings is 1. The lowest BCUT2D eigenvalue weighted by Crippen LogP contribution is -2.50. The minimum atomic E-state index is 0.721. The predicted molar refractivity (Wildman–Crippen MR) is 83.4 cm³/mol. The lowest BCUT2D eigenvalue weighted by molar-refractivity contribution is 0.229. The maximum atomic E-state index is 4.77. The predicted octanol–water partition coefficient (Wildman–Crippen LogP) is 1.32. The van der Waals surface area contributed by atoms with Crippen molar-refractivity contribution in [1.29, 1.82) is 0 Å². The molecule has 0 radical (unpaired) electrons. The van der Waals surface area contributed by atoms with Gasteiger partial charge in [0.05, 0.1) is 0 Å². The van der Waals surface area contributed by atoms with E-state index in [0.717, 1.165) is 49.9 Å². The van der Waals surface area contributed by atoms with E-state index >= 15 is 0 Å². The van der Waals surface area contributed by atoms with Gasteiger partial charge in [-0.1, -0.05) is 0 Å². The van der Waals surface area contributed by atoms with E-state index in [1.165, 1.54) is 37.8 Å². The van der Waals surface area contributed by atoms with Crippen molar-refractivity contribution in [2.45, 2.75) is 51.2 Å². The molecular weight excluding hydrogens is 262 g/mol. The van der Waals surface area contributed by atoms with Crippen LogP contribution < -0.4 is 10.2 Å². The number of hydrogen-bond donors (Lipinski definition) is 1. The Kier molecular flexibility index (Phi) is 3.55. The average molecular weight is 287 g/mol. The van der Waals surface area contributed by atoms with Crippen molar-refractivity contribution in [3.05, 3.63) is 17.5 Å². The highest BCUT2D eigenvalue weighted by atomic mass is 15.3. The van der Waals surface area contributed by atoms with E-state index in [9.17, 15) is 0 Å². The van der Waals surface area contributed by atoms with Crippen LogP contribution in [0.4, 0.5) is 5.95 Å².